The van der Waals surface area contributed by atoms with Crippen LogP contribution in [0.25, 0.3) is 0 Å². The molecule has 3 rings (SSSR count). The number of halogens is 1. The molecule has 1 unspecified atom stereocenters. The summed E-state index contributed by atoms with van der Waals surface area (Å²) in [6.07, 6.45) is 3.76. The lowest BCUT2D eigenvalue weighted by Gasteiger charge is -2.16. The van der Waals surface area contributed by atoms with E-state index in [2.05, 4.69) is 26.7 Å². The zero-order valence-corrected chi connectivity index (χ0v) is 13.8. The van der Waals surface area contributed by atoms with Gasteiger partial charge in [-0.05, 0) is 30.2 Å². The highest BCUT2D eigenvalue weighted by atomic mass is 32.1. The largest absolute Gasteiger partial charge is 0.348 e. The normalized spacial score (nSPS) is 12.3. The summed E-state index contributed by atoms with van der Waals surface area (Å²) < 4.78 is 19.3. The maximum Gasteiger partial charge on any atom is 0.203 e. The highest BCUT2D eigenvalue weighted by Crippen LogP contribution is 2.26. The van der Waals surface area contributed by atoms with Gasteiger partial charge in [-0.1, -0.05) is 19.1 Å². The topological polar surface area (TPSA) is 55.6 Å². The number of rotatable bonds is 6. The monoisotopic (exact) mass is 331 g/mol. The standard InChI is InChI=1S/C16H18FN5S/c1-3-4-14-18-16(23-21-14)19-15(13-9-10-22(2)20-13)11-5-7-12(17)8-6-11/h5-10,15H,3-4H2,1-2H3,(H,18,19,21). The van der Waals surface area contributed by atoms with Crippen LogP contribution in [-0.4, -0.2) is 19.1 Å². The molecule has 1 aromatic carbocycles. The summed E-state index contributed by atoms with van der Waals surface area (Å²) >= 11 is 1.34. The smallest absolute Gasteiger partial charge is 0.203 e. The van der Waals surface area contributed by atoms with Crippen molar-refractivity contribution < 1.29 is 4.39 Å². The van der Waals surface area contributed by atoms with Gasteiger partial charge in [0.15, 0.2) is 0 Å². The maximum absolute atomic E-state index is 13.2. The molecule has 0 bridgehead atoms. The van der Waals surface area contributed by atoms with Gasteiger partial charge in [-0.15, -0.1) is 0 Å². The SMILES string of the molecule is CCCc1nsc(NC(c2ccc(F)cc2)c2ccn(C)n2)n1. The molecule has 1 atom stereocenters. The molecule has 23 heavy (non-hydrogen) atoms. The second-order valence-electron chi connectivity index (χ2n) is 5.31. The van der Waals surface area contributed by atoms with Crippen LogP contribution < -0.4 is 5.32 Å². The van der Waals surface area contributed by atoms with Gasteiger partial charge in [0.25, 0.3) is 0 Å². The van der Waals surface area contributed by atoms with Crippen LogP contribution in [0.2, 0.25) is 0 Å². The second-order valence-corrected chi connectivity index (χ2v) is 6.06. The van der Waals surface area contributed by atoms with Crippen LogP contribution in [0.15, 0.2) is 36.5 Å². The fourth-order valence-corrected chi connectivity index (χ4v) is 2.97. The van der Waals surface area contributed by atoms with Crippen molar-refractivity contribution >= 4 is 16.7 Å². The maximum atomic E-state index is 13.2. The number of nitrogens with zero attached hydrogens (tertiary/aromatic N) is 4. The fraction of sp³-hybridized carbons (Fsp3) is 0.312. The predicted molar refractivity (Wildman–Crippen MR) is 89.0 cm³/mol. The predicted octanol–water partition coefficient (Wildman–Crippen LogP) is 3.56. The van der Waals surface area contributed by atoms with E-state index >= 15 is 0 Å². The highest BCUT2D eigenvalue weighted by Gasteiger charge is 2.18. The summed E-state index contributed by atoms with van der Waals surface area (Å²) in [5, 5.41) is 8.58. The van der Waals surface area contributed by atoms with Crippen molar-refractivity contribution in [1.82, 2.24) is 19.1 Å². The Morgan fingerprint density at radius 3 is 2.70 bits per heavy atom. The van der Waals surface area contributed by atoms with Crippen molar-refractivity contribution in [2.45, 2.75) is 25.8 Å². The molecule has 5 nitrogen and oxygen atoms in total. The number of benzene rings is 1. The summed E-state index contributed by atoms with van der Waals surface area (Å²) in [5.74, 6) is 0.591. The average molecular weight is 331 g/mol. The van der Waals surface area contributed by atoms with Gasteiger partial charge in [0, 0.05) is 31.2 Å². The van der Waals surface area contributed by atoms with Gasteiger partial charge in [-0.2, -0.15) is 9.47 Å². The molecule has 2 aromatic heterocycles. The molecule has 0 aliphatic carbocycles. The molecule has 0 radical (unpaired) electrons. The van der Waals surface area contributed by atoms with Crippen molar-refractivity contribution in [3.05, 3.63) is 59.4 Å². The van der Waals surface area contributed by atoms with Crippen molar-refractivity contribution in [1.29, 1.82) is 0 Å². The molecule has 7 heteroatoms. The van der Waals surface area contributed by atoms with E-state index in [0.717, 1.165) is 35.1 Å². The summed E-state index contributed by atoms with van der Waals surface area (Å²) in [4.78, 5) is 4.50. The molecule has 0 aliphatic heterocycles. The molecule has 0 saturated heterocycles. The molecule has 0 fully saturated rings. The molecule has 0 aliphatic rings. The summed E-state index contributed by atoms with van der Waals surface area (Å²) in [6, 6.07) is 8.17. The summed E-state index contributed by atoms with van der Waals surface area (Å²) in [6.45, 7) is 2.10. The van der Waals surface area contributed by atoms with Gasteiger partial charge in [0.1, 0.15) is 11.6 Å². The average Bonchev–Trinajstić information content (AvgIpc) is 3.15. The zero-order chi connectivity index (χ0) is 16.2. The zero-order valence-electron chi connectivity index (χ0n) is 13.0. The van der Waals surface area contributed by atoms with E-state index in [0.29, 0.717) is 0 Å². The Labute approximate surface area is 138 Å². The molecule has 3 aromatic rings. The first-order valence-electron chi connectivity index (χ1n) is 7.50. The lowest BCUT2D eigenvalue weighted by Crippen LogP contribution is -2.13. The van der Waals surface area contributed by atoms with Crippen LogP contribution in [0.1, 0.15) is 36.5 Å². The molecule has 0 saturated carbocycles. The Hall–Kier alpha value is -2.28. The number of hydrogen-bond donors (Lipinski definition) is 1. The third kappa shape index (κ3) is 3.73. The molecular formula is C16H18FN5S. The van der Waals surface area contributed by atoms with E-state index in [1.165, 1.54) is 23.7 Å². The van der Waals surface area contributed by atoms with Crippen LogP contribution >= 0.6 is 11.5 Å². The minimum atomic E-state index is -0.255. The minimum Gasteiger partial charge on any atom is -0.348 e. The Morgan fingerprint density at radius 1 is 1.26 bits per heavy atom. The van der Waals surface area contributed by atoms with Gasteiger partial charge in [-0.25, -0.2) is 9.37 Å². The van der Waals surface area contributed by atoms with Crippen molar-refractivity contribution in [3.63, 3.8) is 0 Å². The van der Waals surface area contributed by atoms with E-state index in [-0.39, 0.29) is 11.9 Å². The Bertz CT molecular complexity index is 765. The van der Waals surface area contributed by atoms with Crippen LogP contribution in [0.3, 0.4) is 0 Å². The summed E-state index contributed by atoms with van der Waals surface area (Å²) in [5.41, 5.74) is 1.78. The van der Waals surface area contributed by atoms with E-state index < -0.39 is 0 Å². The number of nitrogens with one attached hydrogen (secondary N) is 1. The third-order valence-corrected chi connectivity index (χ3v) is 4.13. The van der Waals surface area contributed by atoms with E-state index in [9.17, 15) is 4.39 Å². The molecular weight excluding hydrogens is 313 g/mol. The molecule has 2 heterocycles. The number of aromatic nitrogens is 4. The van der Waals surface area contributed by atoms with E-state index in [4.69, 9.17) is 0 Å². The van der Waals surface area contributed by atoms with Crippen LogP contribution in [0.5, 0.6) is 0 Å². The Morgan fingerprint density at radius 2 is 2.04 bits per heavy atom. The van der Waals surface area contributed by atoms with Crippen molar-refractivity contribution in [2.75, 3.05) is 5.32 Å². The van der Waals surface area contributed by atoms with Crippen LogP contribution in [0, 0.1) is 5.82 Å². The van der Waals surface area contributed by atoms with Crippen molar-refractivity contribution in [3.8, 4) is 0 Å². The first-order chi connectivity index (χ1) is 11.2. The summed E-state index contributed by atoms with van der Waals surface area (Å²) in [7, 11) is 1.87. The van der Waals surface area contributed by atoms with Gasteiger partial charge in [0.2, 0.25) is 5.13 Å². The lowest BCUT2D eigenvalue weighted by atomic mass is 10.0. The molecule has 0 spiro atoms. The quantitative estimate of drug-likeness (QED) is 0.750. The number of aryl methyl sites for hydroxylation is 2. The van der Waals surface area contributed by atoms with Crippen molar-refractivity contribution in [2.24, 2.45) is 7.05 Å². The van der Waals surface area contributed by atoms with E-state index in [1.54, 1.807) is 16.8 Å². The first kappa shape index (κ1) is 15.6. The second kappa shape index (κ2) is 6.87. The Balaban J connectivity index is 1.89. The number of hydrogen-bond acceptors (Lipinski definition) is 5. The lowest BCUT2D eigenvalue weighted by molar-refractivity contribution is 0.626. The van der Waals surface area contributed by atoms with Gasteiger partial charge < -0.3 is 5.32 Å². The Kier molecular flexibility index (Phi) is 4.66. The highest BCUT2D eigenvalue weighted by molar-refractivity contribution is 7.09. The van der Waals surface area contributed by atoms with Crippen LogP contribution in [-0.2, 0) is 13.5 Å². The molecule has 120 valence electrons. The fourth-order valence-electron chi connectivity index (χ4n) is 2.33. The third-order valence-electron chi connectivity index (χ3n) is 3.44. The minimum absolute atomic E-state index is 0.195. The van der Waals surface area contributed by atoms with Gasteiger partial charge in [0.05, 0.1) is 11.7 Å². The van der Waals surface area contributed by atoms with Crippen LogP contribution in [0.4, 0.5) is 9.52 Å². The number of anilines is 1. The van der Waals surface area contributed by atoms with Gasteiger partial charge in [-0.3, -0.25) is 4.68 Å². The van der Waals surface area contributed by atoms with E-state index in [1.807, 2.05) is 19.3 Å². The van der Waals surface area contributed by atoms with Gasteiger partial charge >= 0.3 is 0 Å². The molecule has 1 N–H and O–H groups in total. The molecule has 0 amide bonds. The first-order valence-corrected chi connectivity index (χ1v) is 8.27.